The van der Waals surface area contributed by atoms with E-state index in [9.17, 15) is 10.1 Å². The van der Waals surface area contributed by atoms with Gasteiger partial charge in [0.2, 0.25) is 11.9 Å². The lowest BCUT2D eigenvalue weighted by molar-refractivity contribution is -0.384. The Morgan fingerprint density at radius 1 is 1.24 bits per heavy atom. The quantitative estimate of drug-likeness (QED) is 0.528. The molecule has 0 saturated carbocycles. The lowest BCUT2D eigenvalue weighted by Gasteiger charge is -2.32. The number of fused-ring (bicyclic) bond motifs is 3. The van der Waals surface area contributed by atoms with Crippen molar-refractivity contribution in [1.82, 2.24) is 15.2 Å². The molecule has 1 fully saturated rings. The predicted octanol–water partition coefficient (Wildman–Crippen LogP) is 3.42. The van der Waals surface area contributed by atoms with Crippen LogP contribution in [0, 0.1) is 24.0 Å². The van der Waals surface area contributed by atoms with Gasteiger partial charge in [-0.15, -0.1) is 0 Å². The van der Waals surface area contributed by atoms with Gasteiger partial charge in [-0.25, -0.2) is 9.98 Å². The first-order valence-corrected chi connectivity index (χ1v) is 12.5. The number of nitro groups is 1. The molecule has 1 saturated heterocycles. The van der Waals surface area contributed by atoms with Crippen LogP contribution in [0.5, 0.6) is 0 Å². The number of ether oxygens (including phenoxy) is 1. The fraction of sp³-hybridized carbons (Fsp3) is 0.458. The number of hydrogen-bond donors (Lipinski definition) is 1. The molecule has 1 aromatic heterocycles. The Kier molecular flexibility index (Phi) is 6.26. The number of aliphatic imine (C=N–C) groups is 2. The summed E-state index contributed by atoms with van der Waals surface area (Å²) in [5.74, 6) is 1.48. The van der Waals surface area contributed by atoms with Crippen LogP contribution in [-0.4, -0.2) is 64.7 Å². The number of aryl methyl sites for hydroxylation is 1. The van der Waals surface area contributed by atoms with Crippen LogP contribution in [0.4, 0.5) is 5.69 Å². The van der Waals surface area contributed by atoms with Crippen LogP contribution >= 0.6 is 11.8 Å². The number of guanidine groups is 1. The lowest BCUT2D eigenvalue weighted by Crippen LogP contribution is -2.47. The Bertz CT molecular complexity index is 1170. The smallest absolute Gasteiger partial charge is 0.269 e. The summed E-state index contributed by atoms with van der Waals surface area (Å²) >= 11 is 1.69. The van der Waals surface area contributed by atoms with Crippen LogP contribution < -0.4 is 5.32 Å². The molecule has 34 heavy (non-hydrogen) atoms. The minimum Gasteiger partial charge on any atom is -0.480 e. The molecular weight excluding hydrogens is 452 g/mol. The maximum Gasteiger partial charge on any atom is 0.269 e. The third-order valence-corrected chi connectivity index (χ3v) is 7.79. The third-order valence-electron chi connectivity index (χ3n) is 6.54. The van der Waals surface area contributed by atoms with Gasteiger partial charge in [0.1, 0.15) is 16.3 Å². The largest absolute Gasteiger partial charge is 0.480 e. The zero-order valence-electron chi connectivity index (χ0n) is 19.6. The summed E-state index contributed by atoms with van der Waals surface area (Å²) in [6.07, 6.45) is 0.665. The van der Waals surface area contributed by atoms with Gasteiger partial charge in [-0.2, -0.15) is 4.99 Å². The fourth-order valence-corrected chi connectivity index (χ4v) is 6.14. The van der Waals surface area contributed by atoms with Crippen LogP contribution in [0.15, 0.2) is 39.3 Å². The van der Waals surface area contributed by atoms with E-state index in [2.05, 4.69) is 17.1 Å². The average Bonchev–Trinajstić information content (AvgIpc) is 3.21. The third kappa shape index (κ3) is 4.16. The number of non-ortho nitro benzene ring substituents is 1. The number of thioether (sulfide) groups is 1. The highest BCUT2D eigenvalue weighted by Gasteiger charge is 2.44. The van der Waals surface area contributed by atoms with Crippen molar-refractivity contribution in [2.45, 2.75) is 43.5 Å². The highest BCUT2D eigenvalue weighted by molar-refractivity contribution is 8.01. The molecule has 10 heteroatoms. The second-order valence-corrected chi connectivity index (χ2v) is 9.78. The van der Waals surface area contributed by atoms with Gasteiger partial charge in [0.15, 0.2) is 0 Å². The Morgan fingerprint density at radius 2 is 1.97 bits per heavy atom. The SMILES string of the molecule is CCOC1=NC(N2CCNCC2)=NC2c3c(nc(C)c(Cc4ccc([N+](=O)[O-])cc4)c3C)SC12. The molecule has 9 nitrogen and oxygen atoms in total. The zero-order valence-corrected chi connectivity index (χ0v) is 20.4. The van der Waals surface area contributed by atoms with E-state index in [1.54, 1.807) is 23.9 Å². The minimum atomic E-state index is -0.372. The summed E-state index contributed by atoms with van der Waals surface area (Å²) < 4.78 is 6.00. The number of benzene rings is 1. The van der Waals surface area contributed by atoms with Crippen LogP contribution in [0.1, 0.15) is 40.9 Å². The van der Waals surface area contributed by atoms with E-state index in [1.165, 1.54) is 5.56 Å². The van der Waals surface area contributed by atoms with Crippen molar-refractivity contribution in [2.75, 3.05) is 32.8 Å². The Balaban J connectivity index is 1.51. The van der Waals surface area contributed by atoms with E-state index in [0.29, 0.717) is 13.0 Å². The van der Waals surface area contributed by atoms with Crippen LogP contribution in [0.25, 0.3) is 0 Å². The zero-order chi connectivity index (χ0) is 23.8. The number of hydrogen-bond acceptors (Lipinski definition) is 9. The lowest BCUT2D eigenvalue weighted by atomic mass is 9.92. The molecule has 0 amide bonds. The molecule has 2 aromatic rings. The van der Waals surface area contributed by atoms with E-state index in [1.807, 2.05) is 26.0 Å². The fourth-order valence-electron chi connectivity index (χ4n) is 4.76. The number of piperazine rings is 1. The summed E-state index contributed by atoms with van der Waals surface area (Å²) in [6, 6.07) is 6.67. The first kappa shape index (κ1) is 22.8. The van der Waals surface area contributed by atoms with Crippen molar-refractivity contribution < 1.29 is 9.66 Å². The molecule has 2 unspecified atom stereocenters. The molecule has 5 rings (SSSR count). The van der Waals surface area contributed by atoms with Crippen molar-refractivity contribution in [2.24, 2.45) is 9.98 Å². The average molecular weight is 481 g/mol. The van der Waals surface area contributed by atoms with Gasteiger partial charge in [-0.3, -0.25) is 10.1 Å². The molecule has 3 aliphatic heterocycles. The van der Waals surface area contributed by atoms with E-state index < -0.39 is 0 Å². The summed E-state index contributed by atoms with van der Waals surface area (Å²) in [5.41, 5.74) is 5.57. The summed E-state index contributed by atoms with van der Waals surface area (Å²) in [7, 11) is 0. The molecule has 2 atom stereocenters. The van der Waals surface area contributed by atoms with Gasteiger partial charge >= 0.3 is 0 Å². The molecule has 0 aliphatic carbocycles. The molecule has 0 spiro atoms. The van der Waals surface area contributed by atoms with Gasteiger partial charge in [0.25, 0.3) is 5.69 Å². The monoisotopic (exact) mass is 480 g/mol. The van der Waals surface area contributed by atoms with Gasteiger partial charge < -0.3 is 15.0 Å². The minimum absolute atomic E-state index is 0.0122. The van der Waals surface area contributed by atoms with Crippen LogP contribution in [-0.2, 0) is 11.2 Å². The van der Waals surface area contributed by atoms with Crippen molar-refractivity contribution >= 4 is 29.3 Å². The number of pyridine rings is 1. The molecule has 1 aromatic carbocycles. The Labute approximate surface area is 202 Å². The topological polar surface area (TPSA) is 105 Å². The highest BCUT2D eigenvalue weighted by atomic mass is 32.2. The highest BCUT2D eigenvalue weighted by Crippen LogP contribution is 2.50. The van der Waals surface area contributed by atoms with Crippen molar-refractivity contribution in [3.8, 4) is 0 Å². The van der Waals surface area contributed by atoms with Crippen LogP contribution in [0.2, 0.25) is 0 Å². The number of nitrogens with zero attached hydrogens (tertiary/aromatic N) is 5. The van der Waals surface area contributed by atoms with Crippen molar-refractivity contribution in [1.29, 1.82) is 0 Å². The number of nitrogens with one attached hydrogen (secondary N) is 1. The molecule has 0 radical (unpaired) electrons. The van der Waals surface area contributed by atoms with Gasteiger partial charge in [0, 0.05) is 49.6 Å². The predicted molar refractivity (Wildman–Crippen MR) is 133 cm³/mol. The maximum atomic E-state index is 11.0. The molecule has 178 valence electrons. The van der Waals surface area contributed by atoms with E-state index in [0.717, 1.165) is 65.4 Å². The van der Waals surface area contributed by atoms with E-state index >= 15 is 0 Å². The van der Waals surface area contributed by atoms with E-state index in [4.69, 9.17) is 19.7 Å². The Hall–Kier alpha value is -2.98. The first-order valence-electron chi connectivity index (χ1n) is 11.6. The van der Waals surface area contributed by atoms with Crippen molar-refractivity contribution in [3.05, 3.63) is 62.3 Å². The first-order chi connectivity index (χ1) is 16.5. The standard InChI is InChI=1S/C24H28N6O3S/c1-4-33-22-21-20(27-24(28-22)29-11-9-25-10-12-29)19-14(2)18(15(3)26-23(19)34-21)13-16-5-7-17(8-6-16)30(31)32/h5-8,20-21,25H,4,9-13H2,1-3H3. The second-order valence-electron chi connectivity index (χ2n) is 8.65. The van der Waals surface area contributed by atoms with Gasteiger partial charge in [-0.05, 0) is 43.9 Å². The van der Waals surface area contributed by atoms with E-state index in [-0.39, 0.29) is 21.9 Å². The summed E-state index contributed by atoms with van der Waals surface area (Å²) in [4.78, 5) is 27.8. The normalized spacial score (nSPS) is 21.4. The molecular formula is C24H28N6O3S. The Morgan fingerprint density at radius 3 is 2.65 bits per heavy atom. The number of rotatable bonds is 4. The molecule has 4 heterocycles. The van der Waals surface area contributed by atoms with Gasteiger partial charge in [-0.1, -0.05) is 23.9 Å². The number of aromatic nitrogens is 1. The second kappa shape index (κ2) is 9.34. The molecule has 1 N–H and O–H groups in total. The summed E-state index contributed by atoms with van der Waals surface area (Å²) in [5, 5.41) is 15.4. The van der Waals surface area contributed by atoms with Crippen molar-refractivity contribution in [3.63, 3.8) is 0 Å². The van der Waals surface area contributed by atoms with Crippen LogP contribution in [0.3, 0.4) is 0 Å². The number of nitro benzene ring substituents is 1. The molecule has 3 aliphatic rings. The van der Waals surface area contributed by atoms with Gasteiger partial charge in [0.05, 0.1) is 11.5 Å². The summed E-state index contributed by atoms with van der Waals surface area (Å²) in [6.45, 7) is 10.3. The maximum absolute atomic E-state index is 11.0. The molecule has 0 bridgehead atoms.